The van der Waals surface area contributed by atoms with Gasteiger partial charge >= 0.3 is 0 Å². The van der Waals surface area contributed by atoms with Crippen LogP contribution in [0.2, 0.25) is 0 Å². The van der Waals surface area contributed by atoms with Gasteiger partial charge in [-0.2, -0.15) is 0 Å². The number of nitrogens with zero attached hydrogens (tertiary/aromatic N) is 1. The molecule has 0 spiro atoms. The second kappa shape index (κ2) is 9.52. The smallest absolute Gasteiger partial charge is 0.131 e. The van der Waals surface area contributed by atoms with Crippen LogP contribution in [0.3, 0.4) is 0 Å². The Kier molecular flexibility index (Phi) is 4.46. The number of benzene rings is 6. The first-order valence-corrected chi connectivity index (χ1v) is 11.7. The molecule has 0 heterocycles. The molecule has 0 bridgehead atoms. The molecule has 0 N–H and O–H groups in total. The molecule has 0 saturated carbocycles. The highest BCUT2D eigenvalue weighted by atomic mass is 19.1. The average molecular weight is 471 g/mol. The van der Waals surface area contributed by atoms with Crippen LogP contribution < -0.4 is 4.90 Å². The molecule has 0 atom stereocenters. The van der Waals surface area contributed by atoms with Gasteiger partial charge in [0.25, 0.3) is 0 Å². The SMILES string of the molecule is [2H]c1c([2H])c([2H])c(N(c2ccccc2)c2ccc(-c3cccc4cccc(-c5ccccc5F)c34)cc2)c([2H])c1[2H]. The molecule has 0 saturated heterocycles. The van der Waals surface area contributed by atoms with Crippen molar-refractivity contribution >= 4 is 27.8 Å². The second-order valence-electron chi connectivity index (χ2n) is 8.38. The van der Waals surface area contributed by atoms with Gasteiger partial charge in [-0.25, -0.2) is 4.39 Å². The summed E-state index contributed by atoms with van der Waals surface area (Å²) in [6.45, 7) is 0. The van der Waals surface area contributed by atoms with Crippen molar-refractivity contribution in [3.63, 3.8) is 0 Å². The Labute approximate surface area is 217 Å². The molecule has 1 nitrogen and oxygen atoms in total. The maximum absolute atomic E-state index is 14.9. The van der Waals surface area contributed by atoms with Gasteiger partial charge in [-0.05, 0) is 69.9 Å². The van der Waals surface area contributed by atoms with Crippen LogP contribution in [0.25, 0.3) is 33.0 Å². The summed E-state index contributed by atoms with van der Waals surface area (Å²) in [4.78, 5) is 1.68. The molecular weight excluding hydrogens is 441 g/mol. The number of anilines is 3. The van der Waals surface area contributed by atoms with E-state index in [-0.39, 0.29) is 23.6 Å². The first-order chi connectivity index (χ1) is 19.9. The minimum Gasteiger partial charge on any atom is -0.311 e. The van der Waals surface area contributed by atoms with E-state index in [1.165, 1.54) is 6.07 Å². The van der Waals surface area contributed by atoms with Crippen molar-refractivity contribution in [2.75, 3.05) is 4.90 Å². The zero-order chi connectivity index (χ0) is 28.7. The molecule has 36 heavy (non-hydrogen) atoms. The summed E-state index contributed by atoms with van der Waals surface area (Å²) in [5.74, 6) is -0.290. The van der Waals surface area contributed by atoms with Crippen molar-refractivity contribution in [1.82, 2.24) is 0 Å². The van der Waals surface area contributed by atoms with Crippen molar-refractivity contribution in [3.05, 3.63) is 151 Å². The lowest BCUT2D eigenvalue weighted by Crippen LogP contribution is -2.09. The van der Waals surface area contributed by atoms with Crippen LogP contribution in [0, 0.1) is 5.82 Å². The van der Waals surface area contributed by atoms with Crippen LogP contribution in [0.5, 0.6) is 0 Å². The summed E-state index contributed by atoms with van der Waals surface area (Å²) in [6.07, 6.45) is 0. The summed E-state index contributed by atoms with van der Waals surface area (Å²) in [7, 11) is 0. The molecule has 0 aromatic heterocycles. The number of hydrogen-bond donors (Lipinski definition) is 0. The van der Waals surface area contributed by atoms with Crippen LogP contribution in [0.1, 0.15) is 6.85 Å². The summed E-state index contributed by atoms with van der Waals surface area (Å²) < 4.78 is 56.6. The Bertz CT molecular complexity index is 1870. The summed E-state index contributed by atoms with van der Waals surface area (Å²) >= 11 is 0. The van der Waals surface area contributed by atoms with Gasteiger partial charge in [-0.3, -0.25) is 0 Å². The first kappa shape index (κ1) is 16.9. The molecule has 0 aliphatic heterocycles. The van der Waals surface area contributed by atoms with Gasteiger partial charge in [0.15, 0.2) is 0 Å². The van der Waals surface area contributed by atoms with E-state index in [0.717, 1.165) is 27.5 Å². The minimum absolute atomic E-state index is 0.0712. The third-order valence-electron chi connectivity index (χ3n) is 6.23. The lowest BCUT2D eigenvalue weighted by Gasteiger charge is -2.25. The first-order valence-electron chi connectivity index (χ1n) is 14.2. The number of rotatable bonds is 5. The van der Waals surface area contributed by atoms with Crippen molar-refractivity contribution < 1.29 is 11.2 Å². The molecule has 0 unspecified atom stereocenters. The number of halogens is 1. The van der Waals surface area contributed by atoms with Crippen LogP contribution in [0.4, 0.5) is 21.5 Å². The maximum atomic E-state index is 14.9. The van der Waals surface area contributed by atoms with Gasteiger partial charge in [0.2, 0.25) is 0 Å². The molecule has 172 valence electrons. The third-order valence-corrected chi connectivity index (χ3v) is 6.23. The summed E-state index contributed by atoms with van der Waals surface area (Å²) in [5, 5.41) is 1.91. The lowest BCUT2D eigenvalue weighted by molar-refractivity contribution is 0.631. The molecule has 6 rings (SSSR count). The number of fused-ring (bicyclic) bond motifs is 1. The predicted molar refractivity (Wildman–Crippen MR) is 149 cm³/mol. The quantitative estimate of drug-likeness (QED) is 0.242. The van der Waals surface area contributed by atoms with E-state index < -0.39 is 18.1 Å². The van der Waals surface area contributed by atoms with Gasteiger partial charge in [-0.1, -0.05) is 103 Å². The zero-order valence-corrected chi connectivity index (χ0v) is 19.3. The summed E-state index contributed by atoms with van der Waals surface area (Å²) in [6, 6.07) is 33.6. The van der Waals surface area contributed by atoms with E-state index in [1.807, 2.05) is 97.1 Å². The number of para-hydroxylation sites is 2. The van der Waals surface area contributed by atoms with Gasteiger partial charge in [-0.15, -0.1) is 0 Å². The zero-order valence-electron chi connectivity index (χ0n) is 24.3. The fourth-order valence-electron chi connectivity index (χ4n) is 4.62. The van der Waals surface area contributed by atoms with E-state index in [4.69, 9.17) is 6.85 Å². The van der Waals surface area contributed by atoms with Crippen molar-refractivity contribution in [1.29, 1.82) is 0 Å². The number of hydrogen-bond acceptors (Lipinski definition) is 1. The fourth-order valence-corrected chi connectivity index (χ4v) is 4.62. The van der Waals surface area contributed by atoms with Crippen LogP contribution in [0.15, 0.2) is 145 Å². The molecule has 2 heteroatoms. The molecule has 0 radical (unpaired) electrons. The normalized spacial score (nSPS) is 12.9. The standard InChI is InChI=1S/C34H24FN/c35-33-20-8-7-17-31(33)32-19-10-12-26-11-9-18-30(34(26)32)25-21-23-29(24-22-25)36(27-13-3-1-4-14-27)28-15-5-2-6-16-28/h1-24H/i1D,3D,4D,13D,14D. The average Bonchev–Trinajstić information content (AvgIpc) is 3.01. The van der Waals surface area contributed by atoms with Gasteiger partial charge < -0.3 is 4.90 Å². The van der Waals surface area contributed by atoms with Gasteiger partial charge in [0.05, 0.1) is 6.85 Å². The monoisotopic (exact) mass is 470 g/mol. The highest BCUT2D eigenvalue weighted by molar-refractivity contribution is 6.06. The van der Waals surface area contributed by atoms with Crippen LogP contribution in [-0.2, 0) is 0 Å². The third kappa shape index (κ3) is 4.03. The fraction of sp³-hybridized carbons (Fsp3) is 0. The van der Waals surface area contributed by atoms with Crippen LogP contribution in [-0.4, -0.2) is 0 Å². The van der Waals surface area contributed by atoms with E-state index >= 15 is 0 Å². The molecule has 6 aromatic rings. The van der Waals surface area contributed by atoms with Gasteiger partial charge in [0, 0.05) is 22.6 Å². The Balaban J connectivity index is 1.53. The summed E-state index contributed by atoms with van der Waals surface area (Å²) in [5.41, 5.74) is 4.52. The lowest BCUT2D eigenvalue weighted by atomic mass is 9.91. The molecular formula is C34H24FN. The second-order valence-corrected chi connectivity index (χ2v) is 8.38. The molecule has 0 aliphatic carbocycles. The van der Waals surface area contributed by atoms with E-state index in [2.05, 4.69) is 0 Å². The Morgan fingerprint density at radius 1 is 0.500 bits per heavy atom. The van der Waals surface area contributed by atoms with Crippen molar-refractivity contribution in [2.24, 2.45) is 0 Å². The van der Waals surface area contributed by atoms with Crippen molar-refractivity contribution in [2.45, 2.75) is 0 Å². The van der Waals surface area contributed by atoms with Crippen molar-refractivity contribution in [3.8, 4) is 22.3 Å². The topological polar surface area (TPSA) is 3.24 Å². The highest BCUT2D eigenvalue weighted by Gasteiger charge is 2.15. The molecule has 0 fully saturated rings. The molecule has 6 aromatic carbocycles. The van der Waals surface area contributed by atoms with E-state index in [1.54, 1.807) is 17.0 Å². The van der Waals surface area contributed by atoms with E-state index in [9.17, 15) is 4.39 Å². The Morgan fingerprint density at radius 3 is 1.83 bits per heavy atom. The Hall–Kier alpha value is -4.69. The predicted octanol–water partition coefficient (Wildman–Crippen LogP) is 9.78. The Morgan fingerprint density at radius 2 is 1.11 bits per heavy atom. The maximum Gasteiger partial charge on any atom is 0.131 e. The minimum atomic E-state index is -0.436. The van der Waals surface area contributed by atoms with Crippen LogP contribution >= 0.6 is 0 Å². The largest absolute Gasteiger partial charge is 0.311 e. The van der Waals surface area contributed by atoms with E-state index in [0.29, 0.717) is 16.9 Å². The molecule has 0 amide bonds. The van der Waals surface area contributed by atoms with Gasteiger partial charge in [0.1, 0.15) is 5.82 Å². The highest BCUT2D eigenvalue weighted by Crippen LogP contribution is 2.39. The molecule has 0 aliphatic rings.